The van der Waals surface area contributed by atoms with E-state index >= 15 is 0 Å². The van der Waals surface area contributed by atoms with Crippen LogP contribution in [0.3, 0.4) is 0 Å². The summed E-state index contributed by atoms with van der Waals surface area (Å²) < 4.78 is 27.3. The van der Waals surface area contributed by atoms with Crippen molar-refractivity contribution in [3.63, 3.8) is 0 Å². The number of carbonyl (C=O) groups is 1. The molecule has 0 atom stereocenters. The first-order valence-electron chi connectivity index (χ1n) is 9.47. The molecule has 1 aliphatic rings. The third-order valence-electron chi connectivity index (χ3n) is 5.20. The SMILES string of the molecule is CCN1c2ccc(C(=O)Nc3cc(C)ccc3C)cc2-c2ccccc2S1(=O)=O. The molecule has 3 aromatic carbocycles. The summed E-state index contributed by atoms with van der Waals surface area (Å²) in [4.78, 5) is 13.2. The highest BCUT2D eigenvalue weighted by molar-refractivity contribution is 7.93. The molecule has 4 rings (SSSR count). The van der Waals surface area contributed by atoms with Gasteiger partial charge in [-0.25, -0.2) is 8.42 Å². The van der Waals surface area contributed by atoms with E-state index in [0.29, 0.717) is 23.4 Å². The predicted octanol–water partition coefficient (Wildman–Crippen LogP) is 4.75. The molecule has 0 bridgehead atoms. The quantitative estimate of drug-likeness (QED) is 0.682. The Kier molecular flexibility index (Phi) is 4.67. The van der Waals surface area contributed by atoms with Gasteiger partial charge in [-0.2, -0.15) is 0 Å². The Hall–Kier alpha value is -3.12. The van der Waals surface area contributed by atoms with Crippen molar-refractivity contribution in [2.45, 2.75) is 25.7 Å². The van der Waals surface area contributed by atoms with Crippen molar-refractivity contribution >= 4 is 27.3 Å². The van der Waals surface area contributed by atoms with Crippen molar-refractivity contribution in [3.8, 4) is 11.1 Å². The van der Waals surface area contributed by atoms with Gasteiger partial charge in [0.1, 0.15) is 0 Å². The second kappa shape index (κ2) is 7.04. The molecule has 0 saturated carbocycles. The van der Waals surface area contributed by atoms with E-state index in [-0.39, 0.29) is 10.8 Å². The number of hydrogen-bond donors (Lipinski definition) is 1. The topological polar surface area (TPSA) is 66.5 Å². The van der Waals surface area contributed by atoms with Crippen LogP contribution in [-0.2, 0) is 10.0 Å². The summed E-state index contributed by atoms with van der Waals surface area (Å²) in [5, 5.41) is 2.97. The van der Waals surface area contributed by atoms with Gasteiger partial charge in [-0.1, -0.05) is 30.3 Å². The number of hydrogen-bond acceptors (Lipinski definition) is 3. The first kappa shape index (κ1) is 19.2. The molecule has 1 aliphatic heterocycles. The molecule has 1 N–H and O–H groups in total. The van der Waals surface area contributed by atoms with E-state index in [0.717, 1.165) is 22.4 Å². The summed E-state index contributed by atoms with van der Waals surface area (Å²) in [6, 6.07) is 18.0. The number of rotatable bonds is 3. The van der Waals surface area contributed by atoms with E-state index in [1.165, 1.54) is 4.31 Å². The first-order valence-corrected chi connectivity index (χ1v) is 10.9. The lowest BCUT2D eigenvalue weighted by Crippen LogP contribution is -2.34. The molecule has 148 valence electrons. The number of carbonyl (C=O) groups excluding carboxylic acids is 1. The fourth-order valence-electron chi connectivity index (χ4n) is 3.68. The monoisotopic (exact) mass is 406 g/mol. The van der Waals surface area contributed by atoms with E-state index in [4.69, 9.17) is 0 Å². The summed E-state index contributed by atoms with van der Waals surface area (Å²) in [6.07, 6.45) is 0. The molecule has 1 amide bonds. The van der Waals surface area contributed by atoms with Crippen molar-refractivity contribution in [2.24, 2.45) is 0 Å². The highest BCUT2D eigenvalue weighted by atomic mass is 32.2. The van der Waals surface area contributed by atoms with Crippen LogP contribution >= 0.6 is 0 Å². The highest BCUT2D eigenvalue weighted by Crippen LogP contribution is 2.43. The van der Waals surface area contributed by atoms with Crippen molar-refractivity contribution in [2.75, 3.05) is 16.2 Å². The smallest absolute Gasteiger partial charge is 0.264 e. The Balaban J connectivity index is 1.79. The van der Waals surface area contributed by atoms with Crippen molar-refractivity contribution in [1.82, 2.24) is 0 Å². The largest absolute Gasteiger partial charge is 0.322 e. The summed E-state index contributed by atoms with van der Waals surface area (Å²) in [7, 11) is -3.61. The number of fused-ring (bicyclic) bond motifs is 3. The Morgan fingerprint density at radius 2 is 1.72 bits per heavy atom. The van der Waals surface area contributed by atoms with Gasteiger partial charge < -0.3 is 5.32 Å². The number of sulfonamides is 1. The van der Waals surface area contributed by atoms with Crippen LogP contribution in [0.15, 0.2) is 65.6 Å². The van der Waals surface area contributed by atoms with Crippen molar-refractivity contribution < 1.29 is 13.2 Å². The van der Waals surface area contributed by atoms with E-state index in [1.54, 1.807) is 43.3 Å². The maximum Gasteiger partial charge on any atom is 0.264 e. The van der Waals surface area contributed by atoms with Crippen LogP contribution in [0, 0.1) is 13.8 Å². The van der Waals surface area contributed by atoms with Gasteiger partial charge in [0, 0.05) is 28.9 Å². The van der Waals surface area contributed by atoms with Crippen molar-refractivity contribution in [3.05, 3.63) is 77.4 Å². The zero-order valence-corrected chi connectivity index (χ0v) is 17.4. The highest BCUT2D eigenvalue weighted by Gasteiger charge is 2.34. The van der Waals surface area contributed by atoms with E-state index in [9.17, 15) is 13.2 Å². The van der Waals surface area contributed by atoms with Crippen LogP contribution in [0.1, 0.15) is 28.4 Å². The summed E-state index contributed by atoms with van der Waals surface area (Å²) in [5.74, 6) is -0.226. The van der Waals surface area contributed by atoms with E-state index in [2.05, 4.69) is 5.32 Å². The average Bonchev–Trinajstić information content (AvgIpc) is 2.71. The zero-order valence-electron chi connectivity index (χ0n) is 16.6. The molecule has 29 heavy (non-hydrogen) atoms. The number of amides is 1. The van der Waals surface area contributed by atoms with E-state index < -0.39 is 10.0 Å². The first-order chi connectivity index (χ1) is 13.8. The minimum absolute atomic E-state index is 0.226. The van der Waals surface area contributed by atoms with E-state index in [1.807, 2.05) is 38.1 Å². The second-order valence-electron chi connectivity index (χ2n) is 7.17. The Labute approximate surface area is 171 Å². The van der Waals surface area contributed by atoms with Gasteiger partial charge in [-0.05, 0) is 62.2 Å². The molecule has 0 fully saturated rings. The average molecular weight is 407 g/mol. The molecule has 5 nitrogen and oxygen atoms in total. The Morgan fingerprint density at radius 1 is 0.966 bits per heavy atom. The van der Waals surface area contributed by atoms with Gasteiger partial charge in [-0.15, -0.1) is 0 Å². The van der Waals surface area contributed by atoms with Gasteiger partial charge in [-0.3, -0.25) is 9.10 Å². The standard InChI is InChI=1S/C23H22N2O3S/c1-4-25-21-12-11-17(23(26)24-20-13-15(2)9-10-16(20)3)14-19(21)18-7-5-6-8-22(18)29(25,27)28/h5-14H,4H2,1-3H3,(H,24,26). The lowest BCUT2D eigenvalue weighted by Gasteiger charge is -2.31. The van der Waals surface area contributed by atoms with Gasteiger partial charge in [0.2, 0.25) is 0 Å². The summed E-state index contributed by atoms with van der Waals surface area (Å²) in [6.45, 7) is 6.04. The van der Waals surface area contributed by atoms with Crippen LogP contribution in [0.4, 0.5) is 11.4 Å². The fourth-order valence-corrected chi connectivity index (χ4v) is 5.38. The van der Waals surface area contributed by atoms with Gasteiger partial charge in [0.05, 0.1) is 10.6 Å². The van der Waals surface area contributed by atoms with Gasteiger partial charge in [0.25, 0.3) is 15.9 Å². The molecular weight excluding hydrogens is 384 g/mol. The lowest BCUT2D eigenvalue weighted by molar-refractivity contribution is 0.102. The predicted molar refractivity (Wildman–Crippen MR) is 116 cm³/mol. The number of aryl methyl sites for hydroxylation is 2. The third kappa shape index (κ3) is 3.19. The molecule has 0 aromatic heterocycles. The molecule has 0 saturated heterocycles. The number of anilines is 2. The normalized spacial score (nSPS) is 14.1. The Bertz CT molecular complexity index is 1230. The number of nitrogens with zero attached hydrogens (tertiary/aromatic N) is 1. The van der Waals surface area contributed by atoms with Crippen LogP contribution in [0.2, 0.25) is 0 Å². The molecule has 0 spiro atoms. The minimum atomic E-state index is -3.61. The zero-order chi connectivity index (χ0) is 20.8. The van der Waals surface area contributed by atoms with Gasteiger partial charge in [0.15, 0.2) is 0 Å². The maximum absolute atomic E-state index is 13.0. The second-order valence-corrected chi connectivity index (χ2v) is 9.00. The molecule has 6 heteroatoms. The summed E-state index contributed by atoms with van der Waals surface area (Å²) in [5.41, 5.74) is 5.25. The fraction of sp³-hybridized carbons (Fsp3) is 0.174. The Morgan fingerprint density at radius 3 is 2.48 bits per heavy atom. The molecular formula is C23H22N2O3S. The van der Waals surface area contributed by atoms with Crippen LogP contribution in [-0.4, -0.2) is 20.9 Å². The molecule has 0 unspecified atom stereocenters. The molecule has 3 aromatic rings. The van der Waals surface area contributed by atoms with Crippen LogP contribution in [0.25, 0.3) is 11.1 Å². The van der Waals surface area contributed by atoms with Crippen LogP contribution in [0.5, 0.6) is 0 Å². The summed E-state index contributed by atoms with van der Waals surface area (Å²) >= 11 is 0. The lowest BCUT2D eigenvalue weighted by atomic mass is 9.99. The molecule has 0 radical (unpaired) electrons. The minimum Gasteiger partial charge on any atom is -0.322 e. The number of nitrogens with one attached hydrogen (secondary N) is 1. The van der Waals surface area contributed by atoms with Crippen LogP contribution < -0.4 is 9.62 Å². The van der Waals surface area contributed by atoms with Crippen molar-refractivity contribution in [1.29, 1.82) is 0 Å². The molecule has 0 aliphatic carbocycles. The number of benzene rings is 3. The third-order valence-corrected chi connectivity index (χ3v) is 7.15. The maximum atomic E-state index is 13.0. The molecule has 1 heterocycles. The van der Waals surface area contributed by atoms with Gasteiger partial charge >= 0.3 is 0 Å².